The van der Waals surface area contributed by atoms with Crippen LogP contribution in [-0.4, -0.2) is 29.1 Å². The lowest BCUT2D eigenvalue weighted by atomic mass is 9.94. The first-order chi connectivity index (χ1) is 9.45. The van der Waals surface area contributed by atoms with Gasteiger partial charge in [-0.3, -0.25) is 0 Å². The van der Waals surface area contributed by atoms with Crippen LogP contribution in [0, 0.1) is 17.6 Å². The molecule has 1 saturated heterocycles. The lowest BCUT2D eigenvalue weighted by Crippen LogP contribution is -2.41. The number of halogens is 2. The first-order valence-electron chi connectivity index (χ1n) is 7.34. The fourth-order valence-electron chi connectivity index (χ4n) is 2.91. The maximum absolute atomic E-state index is 13.1. The van der Waals surface area contributed by atoms with Crippen molar-refractivity contribution in [1.29, 1.82) is 0 Å². The molecule has 1 aromatic rings. The van der Waals surface area contributed by atoms with Gasteiger partial charge in [0.1, 0.15) is 11.6 Å². The molecule has 112 valence electrons. The van der Waals surface area contributed by atoms with E-state index in [0.717, 1.165) is 19.2 Å². The second-order valence-electron chi connectivity index (χ2n) is 6.03. The van der Waals surface area contributed by atoms with Gasteiger partial charge in [-0.25, -0.2) is 8.78 Å². The number of hydrogen-bond donors (Lipinski definition) is 1. The van der Waals surface area contributed by atoms with Crippen molar-refractivity contribution in [2.24, 2.45) is 5.92 Å². The van der Waals surface area contributed by atoms with Gasteiger partial charge >= 0.3 is 0 Å². The van der Waals surface area contributed by atoms with Crippen LogP contribution in [0.4, 0.5) is 8.78 Å². The first-order valence-corrected chi connectivity index (χ1v) is 7.34. The summed E-state index contributed by atoms with van der Waals surface area (Å²) in [6.07, 6.45) is 2.10. The Balaban J connectivity index is 1.92. The predicted molar refractivity (Wildman–Crippen MR) is 75.4 cm³/mol. The van der Waals surface area contributed by atoms with Crippen molar-refractivity contribution in [3.8, 4) is 0 Å². The molecular formula is C16H23F2NO. The minimum atomic E-state index is -0.815. The number of aliphatic hydroxyl groups excluding tert-OH is 1. The highest BCUT2D eigenvalue weighted by Gasteiger charge is 2.23. The number of benzene rings is 1. The van der Waals surface area contributed by atoms with Crippen molar-refractivity contribution in [3.05, 3.63) is 35.4 Å². The van der Waals surface area contributed by atoms with Gasteiger partial charge in [-0.2, -0.15) is 0 Å². The summed E-state index contributed by atoms with van der Waals surface area (Å²) in [5, 5.41) is 10.1. The summed E-state index contributed by atoms with van der Waals surface area (Å²) in [4.78, 5) is 2.35. The van der Waals surface area contributed by atoms with Gasteiger partial charge in [0, 0.05) is 25.2 Å². The van der Waals surface area contributed by atoms with Crippen LogP contribution in [0.15, 0.2) is 18.2 Å². The second-order valence-corrected chi connectivity index (χ2v) is 6.03. The van der Waals surface area contributed by atoms with E-state index in [1.165, 1.54) is 25.0 Å². The summed E-state index contributed by atoms with van der Waals surface area (Å²) in [6, 6.07) is 3.75. The molecule has 1 N–H and O–H groups in total. The molecule has 1 fully saturated rings. The highest BCUT2D eigenvalue weighted by molar-refractivity contribution is 5.20. The summed E-state index contributed by atoms with van der Waals surface area (Å²) < 4.78 is 26.3. The number of aliphatic hydroxyl groups is 1. The smallest absolute Gasteiger partial charge is 0.126 e. The monoisotopic (exact) mass is 283 g/mol. The molecule has 1 aliphatic heterocycles. The Bertz CT molecular complexity index is 432. The van der Waals surface area contributed by atoms with E-state index in [9.17, 15) is 13.9 Å². The zero-order valence-electron chi connectivity index (χ0n) is 12.1. The first kappa shape index (κ1) is 15.4. The van der Waals surface area contributed by atoms with Crippen molar-refractivity contribution >= 4 is 0 Å². The quantitative estimate of drug-likeness (QED) is 0.914. The van der Waals surface area contributed by atoms with Crippen LogP contribution in [0.25, 0.3) is 0 Å². The maximum atomic E-state index is 13.1. The molecule has 3 unspecified atom stereocenters. The highest BCUT2D eigenvalue weighted by Crippen LogP contribution is 2.24. The normalized spacial score (nSPS) is 25.6. The number of nitrogens with zero attached hydrogens (tertiary/aromatic N) is 1. The van der Waals surface area contributed by atoms with Crippen LogP contribution in [-0.2, 0) is 0 Å². The van der Waals surface area contributed by atoms with E-state index in [4.69, 9.17) is 0 Å². The van der Waals surface area contributed by atoms with Gasteiger partial charge in [0.25, 0.3) is 0 Å². The summed E-state index contributed by atoms with van der Waals surface area (Å²) >= 11 is 0. The van der Waals surface area contributed by atoms with E-state index >= 15 is 0 Å². The predicted octanol–water partition coefficient (Wildman–Crippen LogP) is 3.51. The molecule has 0 amide bonds. The molecule has 1 heterocycles. The standard InChI is InChI=1S/C16H23F2NO/c1-11-3-4-12(2)19(10-11)6-5-16(20)13-7-14(17)9-15(18)8-13/h7-9,11-12,16,20H,3-6,10H2,1-2H3. The molecule has 4 heteroatoms. The molecule has 0 spiro atoms. The van der Waals surface area contributed by atoms with E-state index in [-0.39, 0.29) is 0 Å². The van der Waals surface area contributed by atoms with Crippen LogP contribution in [0.5, 0.6) is 0 Å². The van der Waals surface area contributed by atoms with Crippen molar-refractivity contribution in [2.45, 2.75) is 45.3 Å². The molecule has 1 aliphatic rings. The van der Waals surface area contributed by atoms with E-state index in [1.807, 2.05) is 0 Å². The van der Waals surface area contributed by atoms with Gasteiger partial charge in [0.05, 0.1) is 6.10 Å². The molecule has 3 atom stereocenters. The Labute approximate surface area is 119 Å². The Morgan fingerprint density at radius 3 is 2.50 bits per heavy atom. The Hall–Kier alpha value is -1.00. The maximum Gasteiger partial charge on any atom is 0.126 e. The van der Waals surface area contributed by atoms with Gasteiger partial charge in [-0.05, 0) is 49.8 Å². The van der Waals surface area contributed by atoms with Crippen molar-refractivity contribution in [1.82, 2.24) is 4.90 Å². The third kappa shape index (κ3) is 4.00. The van der Waals surface area contributed by atoms with Crippen molar-refractivity contribution in [2.75, 3.05) is 13.1 Å². The molecular weight excluding hydrogens is 260 g/mol. The molecule has 1 aromatic carbocycles. The molecule has 0 radical (unpaired) electrons. The topological polar surface area (TPSA) is 23.5 Å². The number of hydrogen-bond acceptors (Lipinski definition) is 2. The molecule has 0 saturated carbocycles. The minimum absolute atomic E-state index is 0.320. The summed E-state index contributed by atoms with van der Waals surface area (Å²) in [5.74, 6) is -0.604. The Kier molecular flexibility index (Phi) is 5.11. The van der Waals surface area contributed by atoms with Crippen LogP contribution in [0.1, 0.15) is 44.8 Å². The van der Waals surface area contributed by atoms with E-state index in [2.05, 4.69) is 18.7 Å². The zero-order valence-corrected chi connectivity index (χ0v) is 12.1. The SMILES string of the molecule is CC1CCC(C)N(CCC(O)c2cc(F)cc(F)c2)C1. The summed E-state index contributed by atoms with van der Waals surface area (Å²) in [6.45, 7) is 6.22. The van der Waals surface area contributed by atoms with Crippen molar-refractivity contribution in [3.63, 3.8) is 0 Å². The average Bonchev–Trinajstić information content (AvgIpc) is 2.38. The lowest BCUT2D eigenvalue weighted by Gasteiger charge is -2.37. The molecule has 0 aromatic heterocycles. The molecule has 20 heavy (non-hydrogen) atoms. The fourth-order valence-corrected chi connectivity index (χ4v) is 2.91. The molecule has 0 aliphatic carbocycles. The number of piperidine rings is 1. The molecule has 0 bridgehead atoms. The van der Waals surface area contributed by atoms with E-state index in [1.54, 1.807) is 0 Å². The van der Waals surface area contributed by atoms with Gasteiger partial charge in [0.2, 0.25) is 0 Å². The lowest BCUT2D eigenvalue weighted by molar-refractivity contribution is 0.0905. The van der Waals surface area contributed by atoms with Crippen LogP contribution in [0.3, 0.4) is 0 Å². The molecule has 2 nitrogen and oxygen atoms in total. The van der Waals surface area contributed by atoms with Gasteiger partial charge in [-0.15, -0.1) is 0 Å². The van der Waals surface area contributed by atoms with Crippen LogP contribution >= 0.6 is 0 Å². The van der Waals surface area contributed by atoms with E-state index in [0.29, 0.717) is 23.9 Å². The van der Waals surface area contributed by atoms with E-state index < -0.39 is 17.7 Å². The Morgan fingerprint density at radius 2 is 1.85 bits per heavy atom. The summed E-state index contributed by atoms with van der Waals surface area (Å²) in [7, 11) is 0. The largest absolute Gasteiger partial charge is 0.388 e. The van der Waals surface area contributed by atoms with Crippen LogP contribution in [0.2, 0.25) is 0 Å². The average molecular weight is 283 g/mol. The fraction of sp³-hybridized carbons (Fsp3) is 0.625. The third-order valence-corrected chi connectivity index (χ3v) is 4.21. The van der Waals surface area contributed by atoms with Gasteiger partial charge in [0.15, 0.2) is 0 Å². The van der Waals surface area contributed by atoms with Gasteiger partial charge in [-0.1, -0.05) is 6.92 Å². The number of likely N-dealkylation sites (tertiary alicyclic amines) is 1. The van der Waals surface area contributed by atoms with Crippen LogP contribution < -0.4 is 0 Å². The Morgan fingerprint density at radius 1 is 1.20 bits per heavy atom. The number of rotatable bonds is 4. The summed E-state index contributed by atoms with van der Waals surface area (Å²) in [5.41, 5.74) is 0.320. The highest BCUT2D eigenvalue weighted by atomic mass is 19.1. The second kappa shape index (κ2) is 6.64. The zero-order chi connectivity index (χ0) is 14.7. The van der Waals surface area contributed by atoms with Gasteiger partial charge < -0.3 is 10.0 Å². The van der Waals surface area contributed by atoms with Crippen molar-refractivity contribution < 1.29 is 13.9 Å². The minimum Gasteiger partial charge on any atom is -0.388 e. The molecule has 2 rings (SSSR count). The third-order valence-electron chi connectivity index (χ3n) is 4.21.